The summed E-state index contributed by atoms with van der Waals surface area (Å²) in [4.78, 5) is 37.3. The van der Waals surface area contributed by atoms with E-state index in [0.29, 0.717) is 43.5 Å². The highest BCUT2D eigenvalue weighted by molar-refractivity contribution is 5.97. The number of nitrogens with one attached hydrogen (secondary N) is 1. The van der Waals surface area contributed by atoms with Crippen molar-refractivity contribution in [2.75, 3.05) is 19.7 Å². The summed E-state index contributed by atoms with van der Waals surface area (Å²) >= 11 is 0. The van der Waals surface area contributed by atoms with Gasteiger partial charge in [-0.05, 0) is 43.5 Å². The van der Waals surface area contributed by atoms with Gasteiger partial charge in [-0.15, -0.1) is 0 Å². The maximum absolute atomic E-state index is 12.7. The Hall–Kier alpha value is -2.92. The van der Waals surface area contributed by atoms with Crippen LogP contribution in [0.3, 0.4) is 0 Å². The number of piperidine rings is 1. The molecule has 1 aromatic carbocycles. The molecular formula is C19H23N3O5. The van der Waals surface area contributed by atoms with E-state index in [1.54, 1.807) is 29.2 Å². The molecule has 0 spiro atoms. The van der Waals surface area contributed by atoms with Crippen molar-refractivity contribution < 1.29 is 24.2 Å². The first kappa shape index (κ1) is 20.4. The molecule has 0 bridgehead atoms. The molecule has 1 fully saturated rings. The summed E-state index contributed by atoms with van der Waals surface area (Å²) in [6, 6.07) is 7.57. The van der Waals surface area contributed by atoms with Gasteiger partial charge < -0.3 is 20.1 Å². The van der Waals surface area contributed by atoms with E-state index in [2.05, 4.69) is 5.32 Å². The van der Waals surface area contributed by atoms with Gasteiger partial charge in [0.1, 0.15) is 12.6 Å². The van der Waals surface area contributed by atoms with E-state index in [9.17, 15) is 14.4 Å². The van der Waals surface area contributed by atoms with E-state index in [0.717, 1.165) is 0 Å². The van der Waals surface area contributed by atoms with Crippen molar-refractivity contribution in [3.05, 3.63) is 35.4 Å². The van der Waals surface area contributed by atoms with Crippen LogP contribution >= 0.6 is 0 Å². The Bertz CT molecular complexity index is 718. The topological polar surface area (TPSA) is 120 Å². The van der Waals surface area contributed by atoms with Crippen molar-refractivity contribution in [2.24, 2.45) is 0 Å². The second-order valence-corrected chi connectivity index (χ2v) is 6.35. The largest absolute Gasteiger partial charge is 0.480 e. The Morgan fingerprint density at radius 3 is 2.44 bits per heavy atom. The molecule has 2 N–H and O–H groups in total. The highest BCUT2D eigenvalue weighted by Crippen LogP contribution is 2.15. The third-order valence-electron chi connectivity index (χ3n) is 4.48. The Balaban J connectivity index is 1.89. The molecule has 8 nitrogen and oxygen atoms in total. The Labute approximate surface area is 157 Å². The van der Waals surface area contributed by atoms with Gasteiger partial charge in [-0.3, -0.25) is 9.59 Å². The van der Waals surface area contributed by atoms with Crippen LogP contribution in [-0.2, 0) is 14.3 Å². The van der Waals surface area contributed by atoms with Crippen LogP contribution in [0.5, 0.6) is 0 Å². The monoisotopic (exact) mass is 373 g/mol. The highest BCUT2D eigenvalue weighted by Gasteiger charge is 2.29. The fourth-order valence-corrected chi connectivity index (χ4v) is 2.93. The van der Waals surface area contributed by atoms with Crippen molar-refractivity contribution in [1.82, 2.24) is 10.2 Å². The molecule has 0 saturated carbocycles. The predicted molar refractivity (Wildman–Crippen MR) is 95.9 cm³/mol. The molecule has 144 valence electrons. The van der Waals surface area contributed by atoms with Crippen LogP contribution in [0.4, 0.5) is 0 Å². The summed E-state index contributed by atoms with van der Waals surface area (Å²) in [5, 5.41) is 20.2. The average molecular weight is 373 g/mol. The van der Waals surface area contributed by atoms with Crippen LogP contribution in [0, 0.1) is 11.3 Å². The lowest BCUT2D eigenvalue weighted by Gasteiger charge is -2.34. The zero-order valence-corrected chi connectivity index (χ0v) is 15.2. The smallest absolute Gasteiger partial charge is 0.329 e. The zero-order chi connectivity index (χ0) is 19.8. The minimum absolute atomic E-state index is 0.156. The lowest BCUT2D eigenvalue weighted by atomic mass is 10.1. The number of hydrogen-bond donors (Lipinski definition) is 2. The molecule has 1 atom stereocenters. The van der Waals surface area contributed by atoms with Crippen LogP contribution < -0.4 is 5.32 Å². The number of nitrogens with zero attached hydrogens (tertiary/aromatic N) is 2. The molecule has 0 aromatic heterocycles. The summed E-state index contributed by atoms with van der Waals surface area (Å²) in [6.07, 6.45) is 1.42. The van der Waals surface area contributed by atoms with Crippen LogP contribution in [0.1, 0.15) is 42.1 Å². The van der Waals surface area contributed by atoms with Crippen LogP contribution in [0.2, 0.25) is 0 Å². The number of rotatable bonds is 7. The Morgan fingerprint density at radius 1 is 1.30 bits per heavy atom. The van der Waals surface area contributed by atoms with Gasteiger partial charge in [0.25, 0.3) is 5.91 Å². The molecule has 1 unspecified atom stereocenters. The maximum atomic E-state index is 12.7. The Kier molecular flexibility index (Phi) is 7.32. The molecule has 0 radical (unpaired) electrons. The number of hydrogen-bond acceptors (Lipinski definition) is 5. The molecule has 1 aliphatic rings. The molecule has 27 heavy (non-hydrogen) atoms. The minimum atomic E-state index is -1.01. The number of carbonyl (C=O) groups is 3. The average Bonchev–Trinajstić information content (AvgIpc) is 2.70. The number of carboxylic acids is 1. The summed E-state index contributed by atoms with van der Waals surface area (Å²) in [6.45, 7) is 2.42. The van der Waals surface area contributed by atoms with Gasteiger partial charge in [0.15, 0.2) is 0 Å². The van der Waals surface area contributed by atoms with Crippen molar-refractivity contribution in [2.45, 2.75) is 38.3 Å². The van der Waals surface area contributed by atoms with Gasteiger partial charge in [0.2, 0.25) is 5.91 Å². The van der Waals surface area contributed by atoms with Gasteiger partial charge in [-0.2, -0.15) is 5.26 Å². The van der Waals surface area contributed by atoms with Crippen LogP contribution in [0.25, 0.3) is 0 Å². The number of carboxylic acid groups (broad SMARTS) is 1. The standard InChI is InChI=1S/C19H23N3O5/c1-2-16(21-18(25)14-5-3-13(11-20)4-6-14)19(26)22-9-7-15(8-10-22)27-12-17(23)24/h3-6,15-16H,2,7-10,12H2,1H3,(H,21,25)(H,23,24). The number of likely N-dealkylation sites (tertiary alicyclic amines) is 1. The van der Waals surface area contributed by atoms with Crippen LogP contribution in [-0.4, -0.2) is 59.6 Å². The second-order valence-electron chi connectivity index (χ2n) is 6.35. The zero-order valence-electron chi connectivity index (χ0n) is 15.2. The Morgan fingerprint density at radius 2 is 1.93 bits per heavy atom. The lowest BCUT2D eigenvalue weighted by molar-refractivity contribution is -0.147. The molecule has 1 saturated heterocycles. The molecular weight excluding hydrogens is 350 g/mol. The van der Waals surface area contributed by atoms with E-state index in [1.807, 2.05) is 13.0 Å². The summed E-state index contributed by atoms with van der Waals surface area (Å²) in [5.74, 6) is -1.53. The quantitative estimate of drug-likeness (QED) is 0.740. The molecule has 2 rings (SSSR count). The fourth-order valence-electron chi connectivity index (χ4n) is 2.93. The first-order chi connectivity index (χ1) is 12.9. The van der Waals surface area contributed by atoms with Gasteiger partial charge in [0, 0.05) is 18.7 Å². The normalized spacial score (nSPS) is 15.6. The molecule has 2 amide bonds. The minimum Gasteiger partial charge on any atom is -0.480 e. The third kappa shape index (κ3) is 5.79. The molecule has 0 aliphatic carbocycles. The molecule has 1 heterocycles. The number of benzene rings is 1. The predicted octanol–water partition coefficient (Wildman–Crippen LogP) is 1.16. The first-order valence-electron chi connectivity index (χ1n) is 8.87. The van der Waals surface area contributed by atoms with Crippen molar-refractivity contribution in [1.29, 1.82) is 5.26 Å². The molecule has 1 aromatic rings. The number of ether oxygens (including phenoxy) is 1. The van der Waals surface area contributed by atoms with E-state index in [4.69, 9.17) is 15.1 Å². The van der Waals surface area contributed by atoms with Gasteiger partial charge in [-0.25, -0.2) is 4.79 Å². The molecule has 1 aliphatic heterocycles. The fraction of sp³-hybridized carbons (Fsp3) is 0.474. The highest BCUT2D eigenvalue weighted by atomic mass is 16.5. The van der Waals surface area contributed by atoms with Gasteiger partial charge in [0.05, 0.1) is 17.7 Å². The number of amides is 2. The number of nitriles is 1. The number of carbonyl (C=O) groups excluding carboxylic acids is 2. The third-order valence-corrected chi connectivity index (χ3v) is 4.48. The SMILES string of the molecule is CCC(NC(=O)c1ccc(C#N)cc1)C(=O)N1CCC(OCC(=O)O)CC1. The molecule has 8 heteroatoms. The van der Waals surface area contributed by atoms with Crippen molar-refractivity contribution in [3.63, 3.8) is 0 Å². The van der Waals surface area contributed by atoms with Crippen LogP contribution in [0.15, 0.2) is 24.3 Å². The summed E-state index contributed by atoms with van der Waals surface area (Å²) in [5.41, 5.74) is 0.851. The van der Waals surface area contributed by atoms with E-state index < -0.39 is 12.0 Å². The van der Waals surface area contributed by atoms with E-state index in [-0.39, 0.29) is 24.5 Å². The number of aliphatic carboxylic acids is 1. The van der Waals surface area contributed by atoms with Crippen molar-refractivity contribution in [3.8, 4) is 6.07 Å². The van der Waals surface area contributed by atoms with Gasteiger partial charge >= 0.3 is 5.97 Å². The maximum Gasteiger partial charge on any atom is 0.329 e. The lowest BCUT2D eigenvalue weighted by Crippen LogP contribution is -2.51. The first-order valence-corrected chi connectivity index (χ1v) is 8.87. The van der Waals surface area contributed by atoms with Gasteiger partial charge in [-0.1, -0.05) is 6.92 Å². The summed E-state index contributed by atoms with van der Waals surface area (Å²) in [7, 11) is 0. The second kappa shape index (κ2) is 9.69. The summed E-state index contributed by atoms with van der Waals surface area (Å²) < 4.78 is 5.27. The van der Waals surface area contributed by atoms with E-state index >= 15 is 0 Å². The van der Waals surface area contributed by atoms with Crippen molar-refractivity contribution >= 4 is 17.8 Å². The van der Waals surface area contributed by atoms with E-state index in [1.165, 1.54) is 0 Å².